The van der Waals surface area contributed by atoms with Gasteiger partial charge < -0.3 is 5.32 Å². The molecule has 0 spiro atoms. The lowest BCUT2D eigenvalue weighted by Gasteiger charge is -2.25. The molecule has 29 heavy (non-hydrogen) atoms. The number of carbonyl (C=O) groups excluding carboxylic acids is 1. The monoisotopic (exact) mass is 434 g/mol. The lowest BCUT2D eigenvalue weighted by atomic mass is 9.89. The molecule has 0 fully saturated rings. The topological polar surface area (TPSA) is 66.5 Å². The molecule has 1 aliphatic carbocycles. The summed E-state index contributed by atoms with van der Waals surface area (Å²) in [7, 11) is -3.63. The Balaban J connectivity index is 1.75. The predicted octanol–water partition coefficient (Wildman–Crippen LogP) is 4.17. The van der Waals surface area contributed by atoms with E-state index in [0.717, 1.165) is 29.0 Å². The van der Waals surface area contributed by atoms with Gasteiger partial charge in [0, 0.05) is 5.02 Å². The number of nitrogens with one attached hydrogen (secondary N) is 1. The molecule has 0 heterocycles. The summed E-state index contributed by atoms with van der Waals surface area (Å²) in [5.41, 5.74) is 4.92. The predicted molar refractivity (Wildman–Crippen MR) is 118 cm³/mol. The van der Waals surface area contributed by atoms with Crippen LogP contribution in [-0.4, -0.2) is 27.1 Å². The first kappa shape index (κ1) is 21.7. The molecule has 0 saturated heterocycles. The van der Waals surface area contributed by atoms with Crippen LogP contribution in [0.3, 0.4) is 0 Å². The number of benzene rings is 2. The van der Waals surface area contributed by atoms with Crippen molar-refractivity contribution in [3.05, 3.63) is 63.7 Å². The van der Waals surface area contributed by atoms with Gasteiger partial charge in [0.2, 0.25) is 15.9 Å². The molecule has 0 aromatic heterocycles. The van der Waals surface area contributed by atoms with Crippen LogP contribution in [0.1, 0.15) is 48.1 Å². The number of carbonyl (C=O) groups is 1. The summed E-state index contributed by atoms with van der Waals surface area (Å²) in [6, 6.07) is 11.1. The summed E-state index contributed by atoms with van der Waals surface area (Å²) in [5, 5.41) is 3.45. The van der Waals surface area contributed by atoms with Crippen molar-refractivity contribution >= 4 is 33.2 Å². The summed E-state index contributed by atoms with van der Waals surface area (Å²) < 4.78 is 25.8. The van der Waals surface area contributed by atoms with Crippen LogP contribution in [0.25, 0.3) is 0 Å². The first-order chi connectivity index (χ1) is 13.6. The van der Waals surface area contributed by atoms with E-state index in [9.17, 15) is 13.2 Å². The highest BCUT2D eigenvalue weighted by atomic mass is 35.5. The van der Waals surface area contributed by atoms with Crippen LogP contribution in [0.5, 0.6) is 0 Å². The van der Waals surface area contributed by atoms with Crippen LogP contribution in [0.4, 0.5) is 5.69 Å². The Morgan fingerprint density at radius 2 is 1.83 bits per heavy atom. The van der Waals surface area contributed by atoms with Gasteiger partial charge in [0.1, 0.15) is 6.54 Å². The first-order valence-electron chi connectivity index (χ1n) is 9.80. The standard InChI is InChI=1S/C22H27ClN2O3S/c1-15-12-20(23)10-11-21(15)25(29(3,27)28)14-22(26)24-16(2)18-9-8-17-6-4-5-7-19(17)13-18/h8-13,16H,4-7,14H2,1-3H3,(H,24,26). The number of hydrogen-bond acceptors (Lipinski definition) is 3. The van der Waals surface area contributed by atoms with Crippen LogP contribution in [-0.2, 0) is 27.7 Å². The number of anilines is 1. The lowest BCUT2D eigenvalue weighted by Crippen LogP contribution is -2.41. The fraction of sp³-hybridized carbons (Fsp3) is 0.409. The molecule has 2 aromatic rings. The number of nitrogens with zero attached hydrogens (tertiary/aromatic N) is 1. The molecule has 5 nitrogen and oxygen atoms in total. The maximum atomic E-state index is 12.7. The van der Waals surface area contributed by atoms with Gasteiger partial charge in [-0.2, -0.15) is 0 Å². The Kier molecular flexibility index (Phi) is 6.54. The summed E-state index contributed by atoms with van der Waals surface area (Å²) in [5.74, 6) is -0.352. The third kappa shape index (κ3) is 5.31. The second-order valence-electron chi connectivity index (χ2n) is 7.72. The third-order valence-electron chi connectivity index (χ3n) is 5.37. The summed E-state index contributed by atoms with van der Waals surface area (Å²) in [6.07, 6.45) is 5.70. The van der Waals surface area contributed by atoms with E-state index in [1.54, 1.807) is 25.1 Å². The number of fused-ring (bicyclic) bond motifs is 1. The molecule has 0 radical (unpaired) electrons. The van der Waals surface area contributed by atoms with E-state index in [1.165, 1.54) is 24.0 Å². The van der Waals surface area contributed by atoms with Crippen LogP contribution < -0.4 is 9.62 Å². The lowest BCUT2D eigenvalue weighted by molar-refractivity contribution is -0.120. The largest absolute Gasteiger partial charge is 0.348 e. The maximum absolute atomic E-state index is 12.7. The Hall–Kier alpha value is -2.05. The van der Waals surface area contributed by atoms with Crippen molar-refractivity contribution in [1.82, 2.24) is 5.32 Å². The second-order valence-corrected chi connectivity index (χ2v) is 10.1. The van der Waals surface area contributed by atoms with Gasteiger partial charge in [-0.3, -0.25) is 9.10 Å². The second kappa shape index (κ2) is 8.76. The van der Waals surface area contributed by atoms with Gasteiger partial charge in [-0.15, -0.1) is 0 Å². The molecule has 0 bridgehead atoms. The Bertz CT molecular complexity index is 1020. The van der Waals surface area contributed by atoms with E-state index >= 15 is 0 Å². The van der Waals surface area contributed by atoms with Crippen molar-refractivity contribution in [2.24, 2.45) is 0 Å². The van der Waals surface area contributed by atoms with Crippen LogP contribution in [0.2, 0.25) is 5.02 Å². The summed E-state index contributed by atoms with van der Waals surface area (Å²) in [6.45, 7) is 3.41. The zero-order valence-electron chi connectivity index (χ0n) is 17.0. The molecule has 3 rings (SSSR count). The molecule has 0 aliphatic heterocycles. The Morgan fingerprint density at radius 3 is 2.48 bits per heavy atom. The summed E-state index contributed by atoms with van der Waals surface area (Å²) >= 11 is 5.98. The van der Waals surface area contributed by atoms with Gasteiger partial charge >= 0.3 is 0 Å². The van der Waals surface area contributed by atoms with Gasteiger partial charge in [0.05, 0.1) is 18.0 Å². The normalized spacial score (nSPS) is 14.8. The van der Waals surface area contributed by atoms with Crippen molar-refractivity contribution < 1.29 is 13.2 Å². The van der Waals surface area contributed by atoms with Gasteiger partial charge in [0.15, 0.2) is 0 Å². The number of amides is 1. The van der Waals surface area contributed by atoms with Crippen molar-refractivity contribution in [2.45, 2.75) is 45.6 Å². The Labute approximate surface area is 178 Å². The maximum Gasteiger partial charge on any atom is 0.241 e. The molecule has 2 aromatic carbocycles. The van der Waals surface area contributed by atoms with E-state index in [1.807, 2.05) is 13.0 Å². The SMILES string of the molecule is Cc1cc(Cl)ccc1N(CC(=O)NC(C)c1ccc2c(c1)CCCC2)S(C)(=O)=O. The van der Waals surface area contributed by atoms with Crippen LogP contribution in [0.15, 0.2) is 36.4 Å². The molecule has 0 saturated carbocycles. The number of hydrogen-bond donors (Lipinski definition) is 1. The van der Waals surface area contributed by atoms with Crippen molar-refractivity contribution in [3.63, 3.8) is 0 Å². The zero-order valence-corrected chi connectivity index (χ0v) is 18.6. The first-order valence-corrected chi connectivity index (χ1v) is 12.0. The minimum Gasteiger partial charge on any atom is -0.348 e. The fourth-order valence-electron chi connectivity index (χ4n) is 3.80. The van der Waals surface area contributed by atoms with E-state index in [2.05, 4.69) is 17.4 Å². The zero-order chi connectivity index (χ0) is 21.2. The average Bonchev–Trinajstić information content (AvgIpc) is 2.65. The number of sulfonamides is 1. The molecule has 1 amide bonds. The van der Waals surface area contributed by atoms with Crippen LogP contribution in [0, 0.1) is 6.92 Å². The van der Waals surface area contributed by atoms with Gasteiger partial charge in [0.25, 0.3) is 0 Å². The van der Waals surface area contributed by atoms with Gasteiger partial charge in [-0.25, -0.2) is 8.42 Å². The fourth-order valence-corrected chi connectivity index (χ4v) is 4.94. The number of rotatable bonds is 6. The molecule has 1 N–H and O–H groups in total. The third-order valence-corrected chi connectivity index (χ3v) is 6.73. The van der Waals surface area contributed by atoms with Crippen molar-refractivity contribution in [1.29, 1.82) is 0 Å². The minimum atomic E-state index is -3.63. The molecule has 156 valence electrons. The smallest absolute Gasteiger partial charge is 0.241 e. The quantitative estimate of drug-likeness (QED) is 0.741. The van der Waals surface area contributed by atoms with Crippen molar-refractivity contribution in [3.8, 4) is 0 Å². The number of halogens is 1. The van der Waals surface area contributed by atoms with E-state index in [0.29, 0.717) is 16.3 Å². The average molecular weight is 435 g/mol. The van der Waals surface area contributed by atoms with E-state index in [4.69, 9.17) is 11.6 Å². The Morgan fingerprint density at radius 1 is 1.14 bits per heavy atom. The minimum absolute atomic E-state index is 0.206. The molecule has 7 heteroatoms. The molecular weight excluding hydrogens is 408 g/mol. The van der Waals surface area contributed by atoms with E-state index in [-0.39, 0.29) is 18.5 Å². The molecule has 1 unspecified atom stereocenters. The van der Waals surface area contributed by atoms with Gasteiger partial charge in [-0.1, -0.05) is 29.8 Å². The van der Waals surface area contributed by atoms with Crippen LogP contribution >= 0.6 is 11.6 Å². The van der Waals surface area contributed by atoms with Crippen molar-refractivity contribution in [2.75, 3.05) is 17.1 Å². The highest BCUT2D eigenvalue weighted by Gasteiger charge is 2.23. The highest BCUT2D eigenvalue weighted by molar-refractivity contribution is 7.92. The molecule has 1 aliphatic rings. The molecule has 1 atom stereocenters. The molecular formula is C22H27ClN2O3S. The van der Waals surface area contributed by atoms with Gasteiger partial charge in [-0.05, 0) is 80.0 Å². The summed E-state index contributed by atoms with van der Waals surface area (Å²) in [4.78, 5) is 12.7. The van der Waals surface area contributed by atoms with E-state index < -0.39 is 10.0 Å². The highest BCUT2D eigenvalue weighted by Crippen LogP contribution is 2.27. The number of aryl methyl sites for hydroxylation is 3.